The minimum Gasteiger partial charge on any atom is -0.477 e. The fourth-order valence-corrected chi connectivity index (χ4v) is 4.68. The molecule has 2 fully saturated rings. The third-order valence-electron chi connectivity index (χ3n) is 5.60. The van der Waals surface area contributed by atoms with E-state index in [1.165, 1.54) is 42.8 Å². The molecule has 4 heteroatoms. The third-order valence-corrected chi connectivity index (χ3v) is 5.60. The molecule has 3 aliphatic heterocycles. The van der Waals surface area contributed by atoms with Crippen molar-refractivity contribution in [2.45, 2.75) is 51.2 Å². The van der Waals surface area contributed by atoms with Gasteiger partial charge in [-0.05, 0) is 44.7 Å². The predicted octanol–water partition coefficient (Wildman–Crippen LogP) is 2.56. The van der Waals surface area contributed by atoms with Gasteiger partial charge < -0.3 is 15.4 Å². The summed E-state index contributed by atoms with van der Waals surface area (Å²) in [7, 11) is 2.00. The molecule has 0 radical (unpaired) electrons. The molecule has 4 nitrogen and oxygen atoms in total. The van der Waals surface area contributed by atoms with Gasteiger partial charge >= 0.3 is 0 Å². The van der Waals surface area contributed by atoms with Crippen molar-refractivity contribution >= 4 is 0 Å². The largest absolute Gasteiger partial charge is 0.477 e. The first kappa shape index (κ1) is 13.4. The molecule has 1 saturated carbocycles. The maximum absolute atomic E-state index is 6.36. The first-order valence-corrected chi connectivity index (χ1v) is 8.26. The fraction of sp³-hybridized carbons (Fsp3) is 0.647. The molecule has 3 N–H and O–H groups in total. The molecule has 4 rings (SSSR count). The van der Waals surface area contributed by atoms with Crippen LogP contribution >= 0.6 is 0 Å². The quantitative estimate of drug-likeness (QED) is 0.819. The van der Waals surface area contributed by atoms with Crippen molar-refractivity contribution in [3.63, 3.8) is 0 Å². The average molecular weight is 287 g/mol. The van der Waals surface area contributed by atoms with Crippen molar-refractivity contribution in [2.75, 3.05) is 13.6 Å². The summed E-state index contributed by atoms with van der Waals surface area (Å²) in [5.74, 6) is 1.25. The molecule has 0 amide bonds. The van der Waals surface area contributed by atoms with Gasteiger partial charge in [0, 0.05) is 24.9 Å². The summed E-state index contributed by atoms with van der Waals surface area (Å²) in [6.07, 6.45) is 12.8. The number of hydrogen-bond acceptors (Lipinski definition) is 4. The SMILES string of the molecule is CNC1CC23CCCCC2=C(CN)N2C=CCCC2=C3O1. The van der Waals surface area contributed by atoms with Crippen molar-refractivity contribution in [3.05, 3.63) is 35.0 Å². The second-order valence-corrected chi connectivity index (χ2v) is 6.59. The summed E-state index contributed by atoms with van der Waals surface area (Å²) >= 11 is 0. The number of nitrogens with two attached hydrogens (primary N) is 1. The van der Waals surface area contributed by atoms with Gasteiger partial charge in [0.05, 0.1) is 11.1 Å². The maximum Gasteiger partial charge on any atom is 0.150 e. The van der Waals surface area contributed by atoms with Gasteiger partial charge in [-0.1, -0.05) is 12.5 Å². The van der Waals surface area contributed by atoms with E-state index >= 15 is 0 Å². The molecule has 0 aromatic heterocycles. The highest BCUT2D eigenvalue weighted by Gasteiger charge is 2.54. The van der Waals surface area contributed by atoms with Gasteiger partial charge in [-0.15, -0.1) is 0 Å². The van der Waals surface area contributed by atoms with Crippen LogP contribution in [0.25, 0.3) is 0 Å². The molecule has 4 aliphatic rings. The molecule has 1 spiro atoms. The van der Waals surface area contributed by atoms with Crippen LogP contribution in [0.4, 0.5) is 0 Å². The molecule has 1 aliphatic carbocycles. The van der Waals surface area contributed by atoms with E-state index in [2.05, 4.69) is 22.5 Å². The lowest BCUT2D eigenvalue weighted by Crippen LogP contribution is -2.40. The van der Waals surface area contributed by atoms with Gasteiger partial charge in [0.25, 0.3) is 0 Å². The smallest absolute Gasteiger partial charge is 0.150 e. The summed E-state index contributed by atoms with van der Waals surface area (Å²) in [5.41, 5.74) is 10.5. The van der Waals surface area contributed by atoms with E-state index in [1.807, 2.05) is 7.05 Å². The fourth-order valence-electron chi connectivity index (χ4n) is 4.68. The van der Waals surface area contributed by atoms with Crippen molar-refractivity contribution in [3.8, 4) is 0 Å². The molecule has 0 aromatic carbocycles. The van der Waals surface area contributed by atoms with Gasteiger partial charge in [0.2, 0.25) is 0 Å². The van der Waals surface area contributed by atoms with E-state index in [-0.39, 0.29) is 11.6 Å². The Morgan fingerprint density at radius 1 is 1.43 bits per heavy atom. The number of rotatable bonds is 2. The Balaban J connectivity index is 1.91. The molecule has 21 heavy (non-hydrogen) atoms. The van der Waals surface area contributed by atoms with Crippen molar-refractivity contribution in [1.29, 1.82) is 0 Å². The topological polar surface area (TPSA) is 50.5 Å². The van der Waals surface area contributed by atoms with Crippen LogP contribution in [-0.2, 0) is 4.74 Å². The van der Waals surface area contributed by atoms with E-state index in [0.717, 1.165) is 19.3 Å². The minimum absolute atomic E-state index is 0.137. The molecule has 3 heterocycles. The minimum atomic E-state index is 0.137. The van der Waals surface area contributed by atoms with Crippen LogP contribution in [-0.4, -0.2) is 24.7 Å². The number of fused-ring (bicyclic) bond motifs is 1. The number of allylic oxidation sites excluding steroid dienone is 3. The number of nitrogens with zero attached hydrogens (tertiary/aromatic N) is 1. The molecule has 0 aromatic rings. The Bertz CT molecular complexity index is 548. The summed E-state index contributed by atoms with van der Waals surface area (Å²) in [5, 5.41) is 3.33. The lowest BCUT2D eigenvalue weighted by Gasteiger charge is -2.46. The average Bonchev–Trinajstić information content (AvgIpc) is 2.91. The Morgan fingerprint density at radius 3 is 3.14 bits per heavy atom. The van der Waals surface area contributed by atoms with Crippen molar-refractivity contribution in [2.24, 2.45) is 11.1 Å². The summed E-state index contributed by atoms with van der Waals surface area (Å²) in [6.45, 7) is 0.627. The van der Waals surface area contributed by atoms with E-state index in [4.69, 9.17) is 10.5 Å². The monoisotopic (exact) mass is 287 g/mol. The Kier molecular flexibility index (Phi) is 3.12. The van der Waals surface area contributed by atoms with Crippen molar-refractivity contribution < 1.29 is 4.74 Å². The Morgan fingerprint density at radius 2 is 2.33 bits per heavy atom. The second-order valence-electron chi connectivity index (χ2n) is 6.59. The highest BCUT2D eigenvalue weighted by Crippen LogP contribution is 2.59. The van der Waals surface area contributed by atoms with E-state index < -0.39 is 0 Å². The normalized spacial score (nSPS) is 34.6. The van der Waals surface area contributed by atoms with Crippen LogP contribution in [0.5, 0.6) is 0 Å². The zero-order chi connectivity index (χ0) is 14.4. The number of hydrogen-bond donors (Lipinski definition) is 2. The Labute approximate surface area is 126 Å². The highest BCUT2D eigenvalue weighted by molar-refractivity contribution is 5.44. The standard InChI is InChI=1S/C17H25N3O/c1-19-15-10-17-8-4-2-6-12(17)14(11-18)20-9-5-3-7-13(20)16(17)21-15/h5,9,15,19H,2-4,6-8,10-11,18H2,1H3. The molecule has 1 saturated heterocycles. The van der Waals surface area contributed by atoms with E-state index in [0.29, 0.717) is 6.54 Å². The molecular weight excluding hydrogens is 262 g/mol. The Hall–Kier alpha value is -1.26. The molecule has 2 atom stereocenters. The number of ether oxygens (including phenoxy) is 1. The molecule has 114 valence electrons. The van der Waals surface area contributed by atoms with Gasteiger partial charge in [-0.25, -0.2) is 0 Å². The first-order valence-electron chi connectivity index (χ1n) is 8.26. The van der Waals surface area contributed by atoms with E-state index in [1.54, 1.807) is 5.57 Å². The van der Waals surface area contributed by atoms with Crippen LogP contribution in [0.3, 0.4) is 0 Å². The van der Waals surface area contributed by atoms with Gasteiger partial charge in [0.15, 0.2) is 6.23 Å². The van der Waals surface area contributed by atoms with Gasteiger partial charge in [-0.3, -0.25) is 5.32 Å². The predicted molar refractivity (Wildman–Crippen MR) is 82.8 cm³/mol. The zero-order valence-corrected chi connectivity index (χ0v) is 12.8. The first-order chi connectivity index (χ1) is 10.3. The van der Waals surface area contributed by atoms with Crippen molar-refractivity contribution in [1.82, 2.24) is 10.2 Å². The summed E-state index contributed by atoms with van der Waals surface area (Å²) < 4.78 is 6.36. The van der Waals surface area contributed by atoms with Crippen LogP contribution in [0.2, 0.25) is 0 Å². The molecular formula is C17H25N3O. The molecule has 0 bridgehead atoms. The summed E-state index contributed by atoms with van der Waals surface area (Å²) in [6, 6.07) is 0. The van der Waals surface area contributed by atoms with Crippen LogP contribution in [0, 0.1) is 5.41 Å². The highest BCUT2D eigenvalue weighted by atomic mass is 16.5. The van der Waals surface area contributed by atoms with E-state index in [9.17, 15) is 0 Å². The van der Waals surface area contributed by atoms with Crippen LogP contribution < -0.4 is 11.1 Å². The van der Waals surface area contributed by atoms with Crippen LogP contribution in [0.15, 0.2) is 35.0 Å². The second kappa shape index (κ2) is 4.89. The lowest BCUT2D eigenvalue weighted by molar-refractivity contribution is 0.125. The van der Waals surface area contributed by atoms with Gasteiger partial charge in [-0.2, -0.15) is 0 Å². The van der Waals surface area contributed by atoms with Gasteiger partial charge in [0.1, 0.15) is 5.76 Å². The zero-order valence-electron chi connectivity index (χ0n) is 12.8. The van der Waals surface area contributed by atoms with Crippen LogP contribution in [0.1, 0.15) is 44.9 Å². The lowest BCUT2D eigenvalue weighted by atomic mass is 9.64. The molecule has 2 unspecified atom stereocenters. The maximum atomic E-state index is 6.36. The number of nitrogens with one attached hydrogen (secondary N) is 1. The summed E-state index contributed by atoms with van der Waals surface area (Å²) in [4.78, 5) is 2.33. The third kappa shape index (κ3) is 1.75.